The van der Waals surface area contributed by atoms with Gasteiger partial charge in [-0.2, -0.15) is 5.10 Å². The summed E-state index contributed by atoms with van der Waals surface area (Å²) in [5, 5.41) is 16.7. The van der Waals surface area contributed by atoms with Crippen molar-refractivity contribution in [1.82, 2.24) is 14.8 Å². The van der Waals surface area contributed by atoms with Crippen molar-refractivity contribution in [3.05, 3.63) is 23.0 Å². The maximum atomic E-state index is 12.6. The first-order valence-corrected chi connectivity index (χ1v) is 7.35. The minimum atomic E-state index is -0.984. The van der Waals surface area contributed by atoms with E-state index in [0.29, 0.717) is 18.5 Å². The minimum Gasteiger partial charge on any atom is -0.481 e. The van der Waals surface area contributed by atoms with Crippen LogP contribution in [-0.2, 0) is 16.1 Å². The Morgan fingerprint density at radius 1 is 1.45 bits per heavy atom. The van der Waals surface area contributed by atoms with Gasteiger partial charge >= 0.3 is 5.97 Å². The molecule has 0 aromatic carbocycles. The van der Waals surface area contributed by atoms with Gasteiger partial charge in [-0.1, -0.05) is 5.57 Å². The first-order valence-electron chi connectivity index (χ1n) is 7.35. The number of carboxylic acids is 1. The number of hydrogen-bond donors (Lipinski definition) is 1. The highest BCUT2D eigenvalue weighted by molar-refractivity contribution is 5.99. The van der Waals surface area contributed by atoms with Gasteiger partial charge in [0.15, 0.2) is 0 Å². The number of anilines is 1. The van der Waals surface area contributed by atoms with Crippen molar-refractivity contribution in [2.45, 2.75) is 40.2 Å². The average molecular weight is 306 g/mol. The van der Waals surface area contributed by atoms with E-state index in [1.807, 2.05) is 31.6 Å². The SMILES string of the molecule is CCn1cc(N(C)N2CCC(C)=C(CC(=O)O)C2=O)c(C)n1. The summed E-state index contributed by atoms with van der Waals surface area (Å²) in [6.07, 6.45) is 2.34. The van der Waals surface area contributed by atoms with Gasteiger partial charge in [-0.3, -0.25) is 19.3 Å². The van der Waals surface area contributed by atoms with Crippen LogP contribution in [0.5, 0.6) is 0 Å². The molecule has 7 nitrogen and oxygen atoms in total. The fraction of sp³-hybridized carbons (Fsp3) is 0.533. The molecule has 0 saturated carbocycles. The van der Waals surface area contributed by atoms with Crippen molar-refractivity contribution < 1.29 is 14.7 Å². The molecule has 1 aromatic heterocycles. The van der Waals surface area contributed by atoms with E-state index in [4.69, 9.17) is 5.11 Å². The maximum absolute atomic E-state index is 12.6. The predicted molar refractivity (Wildman–Crippen MR) is 82.3 cm³/mol. The summed E-state index contributed by atoms with van der Waals surface area (Å²) in [6.45, 7) is 7.02. The van der Waals surface area contributed by atoms with Crippen molar-refractivity contribution in [3.8, 4) is 0 Å². The number of hydrazine groups is 1. The molecule has 1 N–H and O–H groups in total. The van der Waals surface area contributed by atoms with Crippen LogP contribution >= 0.6 is 0 Å². The number of aryl methyl sites for hydroxylation is 2. The Labute approximate surface area is 129 Å². The molecule has 120 valence electrons. The molecule has 1 amide bonds. The Hall–Kier alpha value is -2.31. The van der Waals surface area contributed by atoms with Gasteiger partial charge in [0.1, 0.15) is 0 Å². The number of aromatic nitrogens is 2. The summed E-state index contributed by atoms with van der Waals surface area (Å²) in [4.78, 5) is 23.6. The number of rotatable bonds is 5. The summed E-state index contributed by atoms with van der Waals surface area (Å²) in [6, 6.07) is 0. The topological polar surface area (TPSA) is 78.7 Å². The Kier molecular flexibility index (Phi) is 4.54. The van der Waals surface area contributed by atoms with E-state index in [-0.39, 0.29) is 12.3 Å². The zero-order valence-electron chi connectivity index (χ0n) is 13.5. The summed E-state index contributed by atoms with van der Waals surface area (Å²) in [5.74, 6) is -1.22. The zero-order valence-corrected chi connectivity index (χ0v) is 13.5. The van der Waals surface area contributed by atoms with Crippen molar-refractivity contribution in [1.29, 1.82) is 0 Å². The van der Waals surface area contributed by atoms with E-state index in [2.05, 4.69) is 5.10 Å². The second kappa shape index (κ2) is 6.21. The van der Waals surface area contributed by atoms with Crippen LogP contribution < -0.4 is 5.01 Å². The molecule has 1 aliphatic heterocycles. The lowest BCUT2D eigenvalue weighted by atomic mass is 9.99. The van der Waals surface area contributed by atoms with Gasteiger partial charge in [-0.05, 0) is 27.2 Å². The number of carbonyl (C=O) groups is 2. The quantitative estimate of drug-likeness (QED) is 0.893. The second-order valence-electron chi connectivity index (χ2n) is 5.49. The monoisotopic (exact) mass is 306 g/mol. The molecule has 22 heavy (non-hydrogen) atoms. The van der Waals surface area contributed by atoms with Crippen LogP contribution in [-0.4, -0.2) is 45.4 Å². The smallest absolute Gasteiger partial charge is 0.308 e. The van der Waals surface area contributed by atoms with Crippen LogP contribution in [0.3, 0.4) is 0 Å². The Morgan fingerprint density at radius 3 is 2.68 bits per heavy atom. The normalized spacial score (nSPS) is 15.5. The number of nitrogens with zero attached hydrogens (tertiary/aromatic N) is 4. The molecule has 1 aliphatic rings. The summed E-state index contributed by atoms with van der Waals surface area (Å²) >= 11 is 0. The molecular weight excluding hydrogens is 284 g/mol. The molecule has 2 rings (SSSR count). The molecule has 0 fully saturated rings. The van der Waals surface area contributed by atoms with Crippen LogP contribution in [0.2, 0.25) is 0 Å². The van der Waals surface area contributed by atoms with Crippen LogP contribution in [0.25, 0.3) is 0 Å². The summed E-state index contributed by atoms with van der Waals surface area (Å²) in [5.41, 5.74) is 2.93. The van der Waals surface area contributed by atoms with Crippen LogP contribution in [0.4, 0.5) is 5.69 Å². The van der Waals surface area contributed by atoms with Gasteiger partial charge in [0.25, 0.3) is 5.91 Å². The third-order valence-corrected chi connectivity index (χ3v) is 3.99. The maximum Gasteiger partial charge on any atom is 0.308 e. The van der Waals surface area contributed by atoms with E-state index >= 15 is 0 Å². The molecule has 0 unspecified atom stereocenters. The van der Waals surface area contributed by atoms with Crippen molar-refractivity contribution >= 4 is 17.6 Å². The van der Waals surface area contributed by atoms with E-state index in [9.17, 15) is 9.59 Å². The van der Waals surface area contributed by atoms with E-state index < -0.39 is 5.97 Å². The predicted octanol–water partition coefficient (Wildman–Crippen LogP) is 1.59. The van der Waals surface area contributed by atoms with Gasteiger partial charge in [-0.25, -0.2) is 5.01 Å². The van der Waals surface area contributed by atoms with Crippen LogP contribution in [0.15, 0.2) is 17.3 Å². The fourth-order valence-corrected chi connectivity index (χ4v) is 2.65. The lowest BCUT2D eigenvalue weighted by Crippen LogP contribution is -2.48. The van der Waals surface area contributed by atoms with Crippen molar-refractivity contribution in [2.24, 2.45) is 0 Å². The largest absolute Gasteiger partial charge is 0.481 e. The highest BCUT2D eigenvalue weighted by atomic mass is 16.4. The molecule has 2 heterocycles. The molecule has 1 aromatic rings. The zero-order chi connectivity index (χ0) is 16.4. The van der Waals surface area contributed by atoms with E-state index in [0.717, 1.165) is 23.5 Å². The first-order chi connectivity index (χ1) is 10.3. The molecule has 0 spiro atoms. The molecule has 0 aliphatic carbocycles. The Balaban J connectivity index is 2.27. The van der Waals surface area contributed by atoms with Crippen LogP contribution in [0.1, 0.15) is 32.4 Å². The second-order valence-corrected chi connectivity index (χ2v) is 5.49. The fourth-order valence-electron chi connectivity index (χ4n) is 2.65. The lowest BCUT2D eigenvalue weighted by Gasteiger charge is -2.36. The minimum absolute atomic E-state index is 0.234. The highest BCUT2D eigenvalue weighted by Gasteiger charge is 2.30. The van der Waals surface area contributed by atoms with Gasteiger partial charge in [-0.15, -0.1) is 0 Å². The molecule has 0 bridgehead atoms. The first kappa shape index (κ1) is 16.1. The summed E-state index contributed by atoms with van der Waals surface area (Å²) < 4.78 is 1.81. The highest BCUT2D eigenvalue weighted by Crippen LogP contribution is 2.26. The number of carboxylic acid groups (broad SMARTS) is 1. The molecule has 0 atom stereocenters. The molecule has 0 radical (unpaired) electrons. The van der Waals surface area contributed by atoms with Crippen molar-refractivity contribution in [2.75, 3.05) is 18.6 Å². The number of hydrogen-bond acceptors (Lipinski definition) is 4. The lowest BCUT2D eigenvalue weighted by molar-refractivity contribution is -0.138. The van der Waals surface area contributed by atoms with Gasteiger partial charge in [0.05, 0.1) is 24.0 Å². The standard InChI is InChI=1S/C15H22N4O3/c1-5-18-9-13(11(3)16-18)17(4)19-7-6-10(2)12(15(19)22)8-14(20)21/h9H,5-8H2,1-4H3,(H,20,21). The average Bonchev–Trinajstić information content (AvgIpc) is 2.84. The summed E-state index contributed by atoms with van der Waals surface area (Å²) in [7, 11) is 1.81. The van der Waals surface area contributed by atoms with Gasteiger partial charge < -0.3 is 5.11 Å². The number of aliphatic carboxylic acids is 1. The molecular formula is C15H22N4O3. The van der Waals surface area contributed by atoms with Gasteiger partial charge in [0, 0.05) is 25.7 Å². The number of amides is 1. The molecule has 0 saturated heterocycles. The molecule has 7 heteroatoms. The third kappa shape index (κ3) is 2.98. The van der Waals surface area contributed by atoms with Crippen LogP contribution in [0, 0.1) is 6.92 Å². The Bertz CT molecular complexity index is 633. The van der Waals surface area contributed by atoms with Gasteiger partial charge in [0.2, 0.25) is 0 Å². The van der Waals surface area contributed by atoms with E-state index in [1.165, 1.54) is 0 Å². The number of carbonyl (C=O) groups excluding carboxylic acids is 1. The van der Waals surface area contributed by atoms with Crippen molar-refractivity contribution in [3.63, 3.8) is 0 Å². The third-order valence-electron chi connectivity index (χ3n) is 3.99. The Morgan fingerprint density at radius 2 is 2.14 bits per heavy atom. The van der Waals surface area contributed by atoms with E-state index in [1.54, 1.807) is 17.1 Å².